The van der Waals surface area contributed by atoms with Crippen molar-refractivity contribution in [1.29, 1.82) is 5.26 Å². The minimum Gasteiger partial charge on any atom is -0.384 e. The SMILES string of the molecule is C=CCSc1nnc(N2C(N)=C(C#N)C(c3ccc(Cl)c(Cl)c3)C3=C2CCCC3=O)s1. The van der Waals surface area contributed by atoms with E-state index in [2.05, 4.69) is 22.8 Å². The van der Waals surface area contributed by atoms with Crippen LogP contribution in [0.3, 0.4) is 0 Å². The maximum atomic E-state index is 13.1. The average Bonchev–Trinajstić information content (AvgIpc) is 3.22. The zero-order chi connectivity index (χ0) is 22.1. The molecule has 0 saturated carbocycles. The van der Waals surface area contributed by atoms with Crippen molar-refractivity contribution in [1.82, 2.24) is 10.2 Å². The van der Waals surface area contributed by atoms with E-state index in [1.807, 2.05) is 0 Å². The number of halogens is 2. The summed E-state index contributed by atoms with van der Waals surface area (Å²) in [4.78, 5) is 14.8. The summed E-state index contributed by atoms with van der Waals surface area (Å²) >= 11 is 15.2. The lowest BCUT2D eigenvalue weighted by Gasteiger charge is -2.38. The van der Waals surface area contributed by atoms with Crippen LogP contribution in [0.4, 0.5) is 5.13 Å². The summed E-state index contributed by atoms with van der Waals surface area (Å²) < 4.78 is 0.761. The van der Waals surface area contributed by atoms with Crippen LogP contribution in [0, 0.1) is 11.3 Å². The molecule has 0 saturated heterocycles. The molecular formula is C21H17Cl2N5OS2. The molecule has 1 aromatic carbocycles. The van der Waals surface area contributed by atoms with Crippen LogP contribution in [0.15, 0.2) is 57.9 Å². The molecule has 1 aliphatic heterocycles. The normalized spacial score (nSPS) is 18.8. The molecule has 31 heavy (non-hydrogen) atoms. The number of anilines is 1. The molecule has 1 unspecified atom stereocenters. The van der Waals surface area contributed by atoms with Gasteiger partial charge in [-0.1, -0.05) is 58.4 Å². The van der Waals surface area contributed by atoms with Crippen LogP contribution in [-0.2, 0) is 4.79 Å². The van der Waals surface area contributed by atoms with Crippen LogP contribution in [0.2, 0.25) is 10.0 Å². The number of thioether (sulfide) groups is 1. The first-order valence-electron chi connectivity index (χ1n) is 9.44. The van der Waals surface area contributed by atoms with Crippen LogP contribution < -0.4 is 10.6 Å². The molecule has 1 atom stereocenters. The van der Waals surface area contributed by atoms with Crippen molar-refractivity contribution in [3.05, 3.63) is 69.1 Å². The molecule has 0 radical (unpaired) electrons. The number of carbonyl (C=O) groups is 1. The molecule has 158 valence electrons. The summed E-state index contributed by atoms with van der Waals surface area (Å²) in [7, 11) is 0. The Bertz CT molecular complexity index is 1180. The molecule has 2 N–H and O–H groups in total. The third-order valence-corrected chi connectivity index (χ3v) is 7.88. The third kappa shape index (κ3) is 3.99. The summed E-state index contributed by atoms with van der Waals surface area (Å²) in [6.07, 6.45) is 3.55. The van der Waals surface area contributed by atoms with E-state index >= 15 is 0 Å². The molecule has 0 fully saturated rings. The van der Waals surface area contributed by atoms with Gasteiger partial charge in [-0.25, -0.2) is 0 Å². The van der Waals surface area contributed by atoms with E-state index in [9.17, 15) is 10.1 Å². The monoisotopic (exact) mass is 489 g/mol. The first kappa shape index (κ1) is 21.9. The van der Waals surface area contributed by atoms with Gasteiger partial charge in [-0.05, 0) is 30.5 Å². The van der Waals surface area contributed by atoms with E-state index < -0.39 is 5.92 Å². The lowest BCUT2D eigenvalue weighted by atomic mass is 9.76. The van der Waals surface area contributed by atoms with Gasteiger partial charge in [0.05, 0.1) is 27.6 Å². The summed E-state index contributed by atoms with van der Waals surface area (Å²) in [6, 6.07) is 7.35. The summed E-state index contributed by atoms with van der Waals surface area (Å²) in [5.74, 6) is 0.355. The van der Waals surface area contributed by atoms with E-state index in [-0.39, 0.29) is 17.2 Å². The molecule has 2 aliphatic rings. The summed E-state index contributed by atoms with van der Waals surface area (Å²) in [6.45, 7) is 3.72. The van der Waals surface area contributed by atoms with E-state index in [1.54, 1.807) is 29.2 Å². The number of hydrogen-bond acceptors (Lipinski definition) is 8. The average molecular weight is 490 g/mol. The van der Waals surface area contributed by atoms with Gasteiger partial charge >= 0.3 is 0 Å². The molecule has 1 aromatic heterocycles. The second-order valence-corrected chi connectivity index (χ2v) is 9.98. The van der Waals surface area contributed by atoms with Crippen LogP contribution in [0.25, 0.3) is 0 Å². The van der Waals surface area contributed by atoms with Crippen LogP contribution in [0.5, 0.6) is 0 Å². The van der Waals surface area contributed by atoms with Gasteiger partial charge in [-0.2, -0.15) is 5.26 Å². The second-order valence-electron chi connectivity index (χ2n) is 6.94. The Morgan fingerprint density at radius 2 is 2.16 bits per heavy atom. The summed E-state index contributed by atoms with van der Waals surface area (Å²) in [5, 5.41) is 19.8. The predicted molar refractivity (Wildman–Crippen MR) is 125 cm³/mol. The molecule has 10 heteroatoms. The van der Waals surface area contributed by atoms with E-state index in [0.717, 1.165) is 10.0 Å². The number of nitrogens with two attached hydrogens (primary N) is 1. The van der Waals surface area contributed by atoms with Crippen molar-refractivity contribution in [2.24, 2.45) is 5.73 Å². The number of nitrogens with zero attached hydrogens (tertiary/aromatic N) is 4. The molecule has 0 bridgehead atoms. The van der Waals surface area contributed by atoms with Crippen LogP contribution in [0.1, 0.15) is 30.7 Å². The molecule has 2 aromatic rings. The maximum absolute atomic E-state index is 13.1. The minimum atomic E-state index is -0.596. The molecule has 1 aliphatic carbocycles. The number of aromatic nitrogens is 2. The van der Waals surface area contributed by atoms with Crippen LogP contribution >= 0.6 is 46.3 Å². The van der Waals surface area contributed by atoms with Crippen molar-refractivity contribution in [3.63, 3.8) is 0 Å². The van der Waals surface area contributed by atoms with Gasteiger partial charge in [0, 0.05) is 23.4 Å². The van der Waals surface area contributed by atoms with Gasteiger partial charge in [0.25, 0.3) is 0 Å². The lowest BCUT2D eigenvalue weighted by Crippen LogP contribution is -2.38. The number of ketones is 1. The lowest BCUT2D eigenvalue weighted by molar-refractivity contribution is -0.116. The minimum absolute atomic E-state index is 0.00616. The molecule has 6 nitrogen and oxygen atoms in total. The smallest absolute Gasteiger partial charge is 0.219 e. The fraction of sp³-hybridized carbons (Fsp3) is 0.238. The van der Waals surface area contributed by atoms with Crippen molar-refractivity contribution in [3.8, 4) is 6.07 Å². The predicted octanol–water partition coefficient (Wildman–Crippen LogP) is 5.43. The van der Waals surface area contributed by atoms with Crippen LogP contribution in [-0.4, -0.2) is 21.7 Å². The number of Topliss-reactive ketones (excluding diaryl/α,β-unsaturated/α-hetero) is 1. The highest BCUT2D eigenvalue weighted by atomic mass is 35.5. The standard InChI is InChI=1S/C21H17Cl2N5OS2/c1-2-8-30-21-27-26-20(31-21)28-15-4-3-5-16(29)18(15)17(12(10-24)19(28)25)11-6-7-13(22)14(23)9-11/h2,6-7,9,17H,1,3-5,8,25H2. The Morgan fingerprint density at radius 3 is 2.87 bits per heavy atom. The Hall–Kier alpha value is -2.31. The molecule has 0 spiro atoms. The van der Waals surface area contributed by atoms with E-state index in [1.165, 1.54) is 23.1 Å². The van der Waals surface area contributed by atoms with Crippen molar-refractivity contribution in [2.75, 3.05) is 10.7 Å². The quantitative estimate of drug-likeness (QED) is 0.441. The van der Waals surface area contributed by atoms with Gasteiger partial charge in [0.15, 0.2) is 10.1 Å². The number of hydrogen-bond donors (Lipinski definition) is 1. The molecule has 2 heterocycles. The van der Waals surface area contributed by atoms with Gasteiger partial charge in [-0.15, -0.1) is 16.8 Å². The van der Waals surface area contributed by atoms with Crippen molar-refractivity contribution >= 4 is 57.2 Å². The largest absolute Gasteiger partial charge is 0.384 e. The second kappa shape index (κ2) is 9.05. The topological polar surface area (TPSA) is 95.9 Å². The fourth-order valence-electron chi connectivity index (χ4n) is 3.81. The maximum Gasteiger partial charge on any atom is 0.219 e. The number of carbonyl (C=O) groups excluding carboxylic acids is 1. The molecular weight excluding hydrogens is 473 g/mol. The zero-order valence-corrected chi connectivity index (χ0v) is 19.4. The van der Waals surface area contributed by atoms with E-state index in [0.29, 0.717) is 51.3 Å². The number of rotatable bonds is 5. The first-order valence-corrected chi connectivity index (χ1v) is 12.0. The van der Waals surface area contributed by atoms with Crippen molar-refractivity contribution in [2.45, 2.75) is 29.5 Å². The van der Waals surface area contributed by atoms with E-state index in [4.69, 9.17) is 28.9 Å². The van der Waals surface area contributed by atoms with Gasteiger partial charge in [-0.3, -0.25) is 9.69 Å². The first-order chi connectivity index (χ1) is 15.0. The number of benzene rings is 1. The Balaban J connectivity index is 1.88. The van der Waals surface area contributed by atoms with Crippen molar-refractivity contribution < 1.29 is 4.79 Å². The highest BCUT2D eigenvalue weighted by Crippen LogP contribution is 2.47. The van der Waals surface area contributed by atoms with Gasteiger partial charge in [0.1, 0.15) is 5.82 Å². The van der Waals surface area contributed by atoms with Gasteiger partial charge in [0.2, 0.25) is 5.13 Å². The Labute approximate surface area is 198 Å². The molecule has 4 rings (SSSR count). The Morgan fingerprint density at radius 1 is 1.35 bits per heavy atom. The third-order valence-electron chi connectivity index (χ3n) is 5.10. The summed E-state index contributed by atoms with van der Waals surface area (Å²) in [5.41, 5.74) is 8.83. The Kier molecular flexibility index (Phi) is 6.39. The fourth-order valence-corrected chi connectivity index (χ4v) is 5.76. The number of allylic oxidation sites excluding steroid dienone is 3. The zero-order valence-electron chi connectivity index (χ0n) is 16.3. The highest BCUT2D eigenvalue weighted by molar-refractivity contribution is 8.01. The molecule has 0 amide bonds. The number of nitriles is 1. The highest BCUT2D eigenvalue weighted by Gasteiger charge is 2.41. The van der Waals surface area contributed by atoms with Gasteiger partial charge < -0.3 is 5.73 Å².